The largest absolute Gasteiger partial charge is 0.439 e. The molecule has 0 radical (unpaired) electrons. The van der Waals surface area contributed by atoms with Crippen LogP contribution in [0.4, 0.5) is 0 Å². The highest BCUT2D eigenvalue weighted by Gasteiger charge is 2.07. The van der Waals surface area contributed by atoms with E-state index in [0.29, 0.717) is 17.2 Å². The van der Waals surface area contributed by atoms with Crippen LogP contribution in [-0.2, 0) is 13.2 Å². The number of halogens is 1. The van der Waals surface area contributed by atoms with Crippen molar-refractivity contribution >= 4 is 15.9 Å². The van der Waals surface area contributed by atoms with Gasteiger partial charge in [0.2, 0.25) is 5.88 Å². The van der Waals surface area contributed by atoms with E-state index in [1.165, 1.54) is 0 Å². The lowest BCUT2D eigenvalue weighted by Gasteiger charge is -2.09. The molecule has 94 valence electrons. The van der Waals surface area contributed by atoms with Crippen molar-refractivity contribution in [3.63, 3.8) is 0 Å². The third-order valence-corrected chi connectivity index (χ3v) is 2.79. The van der Waals surface area contributed by atoms with Crippen LogP contribution in [0, 0.1) is 0 Å². The molecule has 0 atom stereocenters. The summed E-state index contributed by atoms with van der Waals surface area (Å²) in [6.07, 6.45) is 1.60. The quantitative estimate of drug-likeness (QED) is 0.911. The first kappa shape index (κ1) is 13.0. The van der Waals surface area contributed by atoms with Crippen LogP contribution >= 0.6 is 15.9 Å². The number of aliphatic hydroxyl groups excluding tert-OH is 2. The molecule has 5 heteroatoms. The molecule has 0 fully saturated rings. The third kappa shape index (κ3) is 3.07. The van der Waals surface area contributed by atoms with Gasteiger partial charge < -0.3 is 14.9 Å². The lowest BCUT2D eigenvalue weighted by atomic mass is 10.2. The van der Waals surface area contributed by atoms with E-state index < -0.39 is 0 Å². The molecule has 0 unspecified atom stereocenters. The number of nitrogens with zero attached hydrogens (tertiary/aromatic N) is 1. The van der Waals surface area contributed by atoms with Gasteiger partial charge >= 0.3 is 0 Å². The van der Waals surface area contributed by atoms with E-state index in [4.69, 9.17) is 9.84 Å². The summed E-state index contributed by atoms with van der Waals surface area (Å²) in [7, 11) is 0. The van der Waals surface area contributed by atoms with E-state index >= 15 is 0 Å². The molecule has 0 bridgehead atoms. The van der Waals surface area contributed by atoms with Crippen LogP contribution in [0.15, 0.2) is 41.0 Å². The zero-order valence-electron chi connectivity index (χ0n) is 9.51. The number of aliphatic hydroxyl groups is 2. The minimum atomic E-state index is -0.151. The molecule has 1 aromatic carbocycles. The van der Waals surface area contributed by atoms with Gasteiger partial charge in [0, 0.05) is 16.2 Å². The normalized spacial score (nSPS) is 10.4. The molecular weight excluding hydrogens is 298 g/mol. The Balaban J connectivity index is 2.27. The molecule has 2 rings (SSSR count). The summed E-state index contributed by atoms with van der Waals surface area (Å²) in [6.45, 7) is -0.195. The first-order valence-electron chi connectivity index (χ1n) is 5.36. The van der Waals surface area contributed by atoms with Gasteiger partial charge in [-0.05, 0) is 39.7 Å². The molecule has 0 aliphatic rings. The first-order valence-corrected chi connectivity index (χ1v) is 6.15. The summed E-state index contributed by atoms with van der Waals surface area (Å²) >= 11 is 3.28. The van der Waals surface area contributed by atoms with E-state index in [-0.39, 0.29) is 13.2 Å². The van der Waals surface area contributed by atoms with Gasteiger partial charge in [0.05, 0.1) is 13.2 Å². The highest BCUT2D eigenvalue weighted by atomic mass is 79.9. The average molecular weight is 310 g/mol. The topological polar surface area (TPSA) is 62.6 Å². The highest BCUT2D eigenvalue weighted by molar-refractivity contribution is 9.10. The van der Waals surface area contributed by atoms with Crippen LogP contribution in [0.1, 0.15) is 11.1 Å². The maximum atomic E-state index is 9.24. The number of pyridine rings is 1. The SMILES string of the molecule is OCc1cccc(Oc2ncc(Br)cc2CO)c1. The monoisotopic (exact) mass is 309 g/mol. The van der Waals surface area contributed by atoms with E-state index in [2.05, 4.69) is 20.9 Å². The van der Waals surface area contributed by atoms with Gasteiger partial charge in [-0.15, -0.1) is 0 Å². The second-order valence-electron chi connectivity index (χ2n) is 3.68. The van der Waals surface area contributed by atoms with Crippen LogP contribution in [0.3, 0.4) is 0 Å². The Kier molecular flexibility index (Phi) is 4.30. The molecule has 1 heterocycles. The standard InChI is InChI=1S/C13H12BrNO3/c14-11-5-10(8-17)13(15-6-11)18-12-3-1-2-9(4-12)7-16/h1-6,16-17H,7-8H2. The Morgan fingerprint density at radius 3 is 2.72 bits per heavy atom. The molecule has 0 saturated heterocycles. The van der Waals surface area contributed by atoms with E-state index in [9.17, 15) is 5.11 Å². The van der Waals surface area contributed by atoms with Crippen molar-refractivity contribution in [3.8, 4) is 11.6 Å². The molecule has 18 heavy (non-hydrogen) atoms. The second-order valence-corrected chi connectivity index (χ2v) is 4.60. The van der Waals surface area contributed by atoms with Crippen molar-refractivity contribution in [2.45, 2.75) is 13.2 Å². The lowest BCUT2D eigenvalue weighted by Crippen LogP contribution is -1.95. The molecule has 0 saturated carbocycles. The molecule has 0 aliphatic carbocycles. The summed E-state index contributed by atoms with van der Waals surface area (Å²) in [5.74, 6) is 0.932. The number of hydrogen-bond donors (Lipinski definition) is 2. The van der Waals surface area contributed by atoms with Crippen molar-refractivity contribution in [2.75, 3.05) is 0 Å². The predicted octanol–water partition coefficient (Wildman–Crippen LogP) is 2.62. The van der Waals surface area contributed by atoms with Gasteiger partial charge in [-0.2, -0.15) is 0 Å². The average Bonchev–Trinajstić information content (AvgIpc) is 2.41. The Morgan fingerprint density at radius 2 is 2.00 bits per heavy atom. The molecule has 2 N–H and O–H groups in total. The predicted molar refractivity (Wildman–Crippen MR) is 70.3 cm³/mol. The molecule has 0 spiro atoms. The fourth-order valence-corrected chi connectivity index (χ4v) is 1.87. The lowest BCUT2D eigenvalue weighted by molar-refractivity contribution is 0.274. The van der Waals surface area contributed by atoms with Gasteiger partial charge in [-0.25, -0.2) is 4.98 Å². The number of hydrogen-bond acceptors (Lipinski definition) is 4. The molecule has 0 aliphatic heterocycles. The Morgan fingerprint density at radius 1 is 1.17 bits per heavy atom. The fourth-order valence-electron chi connectivity index (χ4n) is 1.49. The van der Waals surface area contributed by atoms with Gasteiger partial charge in [0.15, 0.2) is 0 Å². The zero-order valence-corrected chi connectivity index (χ0v) is 11.1. The zero-order chi connectivity index (χ0) is 13.0. The van der Waals surface area contributed by atoms with Crippen LogP contribution in [-0.4, -0.2) is 15.2 Å². The molecule has 2 aromatic rings. The van der Waals surface area contributed by atoms with Crippen molar-refractivity contribution in [1.29, 1.82) is 0 Å². The van der Waals surface area contributed by atoms with Crippen molar-refractivity contribution in [1.82, 2.24) is 4.98 Å². The summed E-state index contributed by atoms with van der Waals surface area (Å²) < 4.78 is 6.38. The smallest absolute Gasteiger partial charge is 0.224 e. The molecule has 0 amide bonds. The molecule has 4 nitrogen and oxygen atoms in total. The van der Waals surface area contributed by atoms with Gasteiger partial charge in [-0.1, -0.05) is 12.1 Å². The van der Waals surface area contributed by atoms with Crippen LogP contribution in [0.25, 0.3) is 0 Å². The second kappa shape index (κ2) is 5.95. The summed E-state index contributed by atoms with van der Waals surface area (Å²) in [6, 6.07) is 8.83. The van der Waals surface area contributed by atoms with Gasteiger partial charge in [0.25, 0.3) is 0 Å². The summed E-state index contributed by atoms with van der Waals surface area (Å²) in [4.78, 5) is 4.11. The minimum Gasteiger partial charge on any atom is -0.439 e. The molecular formula is C13H12BrNO3. The first-order chi connectivity index (χ1) is 8.72. The van der Waals surface area contributed by atoms with E-state index in [1.54, 1.807) is 36.5 Å². The number of aromatic nitrogens is 1. The van der Waals surface area contributed by atoms with Crippen molar-refractivity contribution < 1.29 is 14.9 Å². The highest BCUT2D eigenvalue weighted by Crippen LogP contribution is 2.26. The Bertz CT molecular complexity index is 546. The van der Waals surface area contributed by atoms with Crippen molar-refractivity contribution in [2.24, 2.45) is 0 Å². The fraction of sp³-hybridized carbons (Fsp3) is 0.154. The van der Waals surface area contributed by atoms with Crippen LogP contribution in [0.2, 0.25) is 0 Å². The van der Waals surface area contributed by atoms with Crippen LogP contribution in [0.5, 0.6) is 11.6 Å². The van der Waals surface area contributed by atoms with E-state index in [0.717, 1.165) is 10.0 Å². The number of benzene rings is 1. The number of ether oxygens (including phenoxy) is 1. The Labute approximate surface area is 113 Å². The maximum Gasteiger partial charge on any atom is 0.224 e. The summed E-state index contributed by atoms with van der Waals surface area (Å²) in [5.41, 5.74) is 1.36. The molecule has 1 aromatic heterocycles. The van der Waals surface area contributed by atoms with Gasteiger partial charge in [0.1, 0.15) is 5.75 Å². The van der Waals surface area contributed by atoms with Crippen molar-refractivity contribution in [3.05, 3.63) is 52.1 Å². The minimum absolute atomic E-state index is 0.0438. The van der Waals surface area contributed by atoms with Crippen LogP contribution < -0.4 is 4.74 Å². The maximum absolute atomic E-state index is 9.24. The van der Waals surface area contributed by atoms with Gasteiger partial charge in [-0.3, -0.25) is 0 Å². The third-order valence-electron chi connectivity index (χ3n) is 2.36. The number of rotatable bonds is 4. The Hall–Kier alpha value is -1.43. The summed E-state index contributed by atoms with van der Waals surface area (Å²) in [5, 5.41) is 18.3. The van der Waals surface area contributed by atoms with E-state index in [1.807, 2.05) is 0 Å².